The van der Waals surface area contributed by atoms with E-state index in [-0.39, 0.29) is 17.7 Å². The van der Waals surface area contributed by atoms with Gasteiger partial charge in [-0.25, -0.2) is 4.98 Å². The topological polar surface area (TPSA) is 103 Å². The number of anilines is 1. The van der Waals surface area contributed by atoms with E-state index in [0.29, 0.717) is 40.6 Å². The maximum atomic E-state index is 12.9. The van der Waals surface area contributed by atoms with Crippen LogP contribution in [0.25, 0.3) is 22.2 Å². The quantitative estimate of drug-likeness (QED) is 0.580. The first-order valence-electron chi connectivity index (χ1n) is 9.98. The molecule has 4 rings (SSSR count). The first kappa shape index (κ1) is 21.7. The lowest BCUT2D eigenvalue weighted by atomic mass is 9.93. The van der Waals surface area contributed by atoms with Crippen LogP contribution in [0, 0.1) is 0 Å². The Morgan fingerprint density at radius 2 is 1.87 bits per heavy atom. The molecule has 0 spiro atoms. The number of hydrogen-bond donors (Lipinski definition) is 1. The highest BCUT2D eigenvalue weighted by molar-refractivity contribution is 7.86. The number of hydrogen-bond acceptors (Lipinski definition) is 7. The summed E-state index contributed by atoms with van der Waals surface area (Å²) in [6, 6.07) is 9.08. The van der Waals surface area contributed by atoms with E-state index in [9.17, 15) is 13.2 Å². The molecule has 0 unspecified atom stereocenters. The van der Waals surface area contributed by atoms with Crippen LogP contribution < -0.4 is 10.9 Å². The number of nitrogens with one attached hydrogen (secondary N) is 1. The van der Waals surface area contributed by atoms with Gasteiger partial charge < -0.3 is 5.32 Å². The molecule has 164 valence electrons. The largest absolute Gasteiger partial charge is 0.351 e. The van der Waals surface area contributed by atoms with Crippen molar-refractivity contribution in [3.8, 4) is 11.1 Å². The molecule has 31 heavy (non-hydrogen) atoms. The molecule has 1 fully saturated rings. The molecule has 0 radical (unpaired) electrons. The average Bonchev–Trinajstić information content (AvgIpc) is 2.72. The van der Waals surface area contributed by atoms with E-state index in [0.717, 1.165) is 24.5 Å². The highest BCUT2D eigenvalue weighted by Crippen LogP contribution is 2.28. The summed E-state index contributed by atoms with van der Waals surface area (Å²) in [4.78, 5) is 21.9. The van der Waals surface area contributed by atoms with E-state index in [1.165, 1.54) is 4.57 Å². The second-order valence-electron chi connectivity index (χ2n) is 7.79. The van der Waals surface area contributed by atoms with Crippen LogP contribution in [-0.4, -0.2) is 41.4 Å². The lowest BCUT2D eigenvalue weighted by molar-refractivity contribution is 0.158. The van der Waals surface area contributed by atoms with Gasteiger partial charge in [-0.3, -0.25) is 13.5 Å². The Hall–Kier alpha value is -2.49. The zero-order chi connectivity index (χ0) is 22.2. The number of rotatable bonds is 5. The number of fused-ring (bicyclic) bond motifs is 1. The fraction of sp³-hybridized carbons (Fsp3) is 0.381. The fourth-order valence-corrected chi connectivity index (χ4v) is 4.85. The number of aryl methyl sites for hydroxylation is 1. The SMILES string of the molecule is Cn1c(=O)c(-c2ccccc2Cl)cc2cnc(NC3CCC(OS(C)(=O)=O)CC3)nc21. The van der Waals surface area contributed by atoms with Gasteiger partial charge >= 0.3 is 0 Å². The van der Waals surface area contributed by atoms with Gasteiger partial charge in [0.15, 0.2) is 0 Å². The molecule has 1 saturated carbocycles. The van der Waals surface area contributed by atoms with Crippen LogP contribution in [0.5, 0.6) is 0 Å². The average molecular weight is 463 g/mol. The Morgan fingerprint density at radius 1 is 1.16 bits per heavy atom. The van der Waals surface area contributed by atoms with Crippen LogP contribution in [0.3, 0.4) is 0 Å². The lowest BCUT2D eigenvalue weighted by Gasteiger charge is -2.28. The van der Waals surface area contributed by atoms with Gasteiger partial charge in [0, 0.05) is 40.8 Å². The minimum absolute atomic E-state index is 0.108. The molecule has 3 aromatic rings. The van der Waals surface area contributed by atoms with Crippen molar-refractivity contribution in [2.24, 2.45) is 7.05 Å². The van der Waals surface area contributed by atoms with Crippen LogP contribution in [0.15, 0.2) is 41.3 Å². The van der Waals surface area contributed by atoms with Crippen molar-refractivity contribution in [2.45, 2.75) is 37.8 Å². The van der Waals surface area contributed by atoms with E-state index in [4.69, 9.17) is 15.8 Å². The molecular formula is C21H23ClN4O4S. The van der Waals surface area contributed by atoms with E-state index < -0.39 is 10.1 Å². The Kier molecular flexibility index (Phi) is 6.00. The standard InChI is InChI=1S/C21H23ClN4O4S/c1-26-19-13(11-17(20(26)27)16-5-3-4-6-18(16)22)12-23-21(25-19)24-14-7-9-15(10-8-14)30-31(2,28)29/h3-6,11-12,14-15H,7-10H2,1-2H3,(H,23,24,25). The molecule has 2 aromatic heterocycles. The summed E-state index contributed by atoms with van der Waals surface area (Å²) in [5.41, 5.74) is 1.49. The summed E-state index contributed by atoms with van der Waals surface area (Å²) in [7, 11) is -1.77. The Morgan fingerprint density at radius 3 is 2.55 bits per heavy atom. The number of benzene rings is 1. The molecule has 0 saturated heterocycles. The Labute approximate surface area is 185 Å². The number of aromatic nitrogens is 3. The maximum absolute atomic E-state index is 12.9. The van der Waals surface area contributed by atoms with Crippen molar-refractivity contribution in [1.29, 1.82) is 0 Å². The summed E-state index contributed by atoms with van der Waals surface area (Å²) in [5, 5.41) is 4.53. The first-order chi connectivity index (χ1) is 14.7. The van der Waals surface area contributed by atoms with Crippen LogP contribution in [0.2, 0.25) is 5.02 Å². The van der Waals surface area contributed by atoms with Crippen LogP contribution >= 0.6 is 11.6 Å². The molecule has 0 aliphatic heterocycles. The molecule has 10 heteroatoms. The smallest absolute Gasteiger partial charge is 0.264 e. The van der Waals surface area contributed by atoms with Crippen molar-refractivity contribution in [3.05, 3.63) is 51.9 Å². The molecule has 2 heterocycles. The van der Waals surface area contributed by atoms with Gasteiger partial charge in [0.2, 0.25) is 5.95 Å². The van der Waals surface area contributed by atoms with Gasteiger partial charge in [-0.2, -0.15) is 13.4 Å². The zero-order valence-electron chi connectivity index (χ0n) is 17.2. The maximum Gasteiger partial charge on any atom is 0.264 e. The predicted octanol–water partition coefficient (Wildman–Crippen LogP) is 3.35. The lowest BCUT2D eigenvalue weighted by Crippen LogP contribution is -2.31. The van der Waals surface area contributed by atoms with Gasteiger partial charge in [-0.05, 0) is 37.8 Å². The van der Waals surface area contributed by atoms with E-state index in [1.54, 1.807) is 25.4 Å². The molecular weight excluding hydrogens is 440 g/mol. The zero-order valence-corrected chi connectivity index (χ0v) is 18.8. The first-order valence-corrected chi connectivity index (χ1v) is 12.2. The van der Waals surface area contributed by atoms with Crippen LogP contribution in [0.4, 0.5) is 5.95 Å². The third kappa shape index (κ3) is 4.89. The molecule has 1 N–H and O–H groups in total. The van der Waals surface area contributed by atoms with E-state index >= 15 is 0 Å². The van der Waals surface area contributed by atoms with Crippen molar-refractivity contribution >= 4 is 38.7 Å². The van der Waals surface area contributed by atoms with Gasteiger partial charge in [0.25, 0.3) is 15.7 Å². The fourth-order valence-electron chi connectivity index (χ4n) is 3.92. The van der Waals surface area contributed by atoms with E-state index in [2.05, 4.69) is 15.3 Å². The number of nitrogens with zero attached hydrogens (tertiary/aromatic N) is 3. The minimum atomic E-state index is -3.45. The van der Waals surface area contributed by atoms with Crippen molar-refractivity contribution in [1.82, 2.24) is 14.5 Å². The van der Waals surface area contributed by atoms with Gasteiger partial charge in [0.05, 0.1) is 12.4 Å². The molecule has 8 nitrogen and oxygen atoms in total. The Bertz CT molecular complexity index is 1280. The Balaban J connectivity index is 1.56. The number of halogens is 1. The summed E-state index contributed by atoms with van der Waals surface area (Å²) >= 11 is 6.28. The van der Waals surface area contributed by atoms with Crippen molar-refractivity contribution < 1.29 is 12.6 Å². The van der Waals surface area contributed by atoms with Crippen LogP contribution in [0.1, 0.15) is 25.7 Å². The molecule has 0 bridgehead atoms. The normalized spacial score (nSPS) is 19.5. The second-order valence-corrected chi connectivity index (χ2v) is 9.80. The van der Waals surface area contributed by atoms with Crippen molar-refractivity contribution in [3.63, 3.8) is 0 Å². The van der Waals surface area contributed by atoms with Gasteiger partial charge in [0.1, 0.15) is 5.65 Å². The highest BCUT2D eigenvalue weighted by atomic mass is 35.5. The molecule has 1 aliphatic rings. The molecule has 0 amide bonds. The molecule has 1 aliphatic carbocycles. The van der Waals surface area contributed by atoms with Crippen molar-refractivity contribution in [2.75, 3.05) is 11.6 Å². The second kappa shape index (κ2) is 8.57. The summed E-state index contributed by atoms with van der Waals surface area (Å²) < 4.78 is 29.2. The van der Waals surface area contributed by atoms with Gasteiger partial charge in [-0.15, -0.1) is 0 Å². The third-order valence-electron chi connectivity index (χ3n) is 5.43. The monoisotopic (exact) mass is 462 g/mol. The summed E-state index contributed by atoms with van der Waals surface area (Å²) in [5.74, 6) is 0.431. The predicted molar refractivity (Wildman–Crippen MR) is 121 cm³/mol. The van der Waals surface area contributed by atoms with E-state index in [1.807, 2.05) is 18.2 Å². The third-order valence-corrected chi connectivity index (χ3v) is 6.38. The summed E-state index contributed by atoms with van der Waals surface area (Å²) in [6.07, 6.45) is 5.23. The van der Waals surface area contributed by atoms with Crippen LogP contribution in [-0.2, 0) is 21.3 Å². The van der Waals surface area contributed by atoms with Gasteiger partial charge in [-0.1, -0.05) is 29.8 Å². The molecule has 0 atom stereocenters. The summed E-state index contributed by atoms with van der Waals surface area (Å²) in [6.45, 7) is 0. The molecule has 1 aromatic carbocycles. The minimum Gasteiger partial charge on any atom is -0.351 e. The highest BCUT2D eigenvalue weighted by Gasteiger charge is 2.25. The number of pyridine rings is 1.